The van der Waals surface area contributed by atoms with Crippen molar-refractivity contribution < 1.29 is 18.8 Å². The van der Waals surface area contributed by atoms with Crippen molar-refractivity contribution in [1.29, 1.82) is 0 Å². The topological polar surface area (TPSA) is 88.8 Å². The number of hydrogen-bond acceptors (Lipinski definition) is 6. The number of amides is 2. The van der Waals surface area contributed by atoms with Crippen LogP contribution in [-0.2, 0) is 20.9 Å². The summed E-state index contributed by atoms with van der Waals surface area (Å²) in [4.78, 5) is 32.5. The molecule has 1 aromatic rings. The zero-order valence-corrected chi connectivity index (χ0v) is 14.2. The van der Waals surface area contributed by atoms with E-state index in [0.29, 0.717) is 50.8 Å². The maximum absolute atomic E-state index is 12.6. The van der Waals surface area contributed by atoms with E-state index in [1.165, 1.54) is 0 Å². The molecule has 1 atom stereocenters. The molecule has 8 heteroatoms. The van der Waals surface area contributed by atoms with Gasteiger partial charge in [-0.25, -0.2) is 0 Å². The molecule has 0 unspecified atom stereocenters. The van der Waals surface area contributed by atoms with Gasteiger partial charge in [0.1, 0.15) is 6.10 Å². The number of piperidine rings is 1. The number of likely N-dealkylation sites (tertiary alicyclic amines) is 1. The summed E-state index contributed by atoms with van der Waals surface area (Å²) < 4.78 is 10.4. The fourth-order valence-electron chi connectivity index (χ4n) is 3.33. The Hall–Kier alpha value is -1.96. The molecule has 1 aromatic heterocycles. The molecule has 0 aliphatic carbocycles. The molecule has 3 heterocycles. The van der Waals surface area contributed by atoms with Crippen LogP contribution in [0.5, 0.6) is 0 Å². The average Bonchev–Trinajstić information content (AvgIpc) is 3.25. The molecule has 0 spiro atoms. The second kappa shape index (κ2) is 7.29. The number of nitrogens with zero attached hydrogens (tertiary/aromatic N) is 4. The van der Waals surface area contributed by atoms with Gasteiger partial charge in [0.25, 0.3) is 5.91 Å². The van der Waals surface area contributed by atoms with Crippen molar-refractivity contribution in [2.45, 2.75) is 45.3 Å². The predicted octanol–water partition coefficient (Wildman–Crippen LogP) is 0.754. The lowest BCUT2D eigenvalue weighted by atomic mass is 9.95. The van der Waals surface area contributed by atoms with E-state index in [1.807, 2.05) is 4.90 Å². The van der Waals surface area contributed by atoms with Gasteiger partial charge in [-0.3, -0.25) is 9.59 Å². The third-order valence-electron chi connectivity index (χ3n) is 4.69. The maximum Gasteiger partial charge on any atom is 0.251 e. The molecular weight excluding hydrogens is 312 g/mol. The van der Waals surface area contributed by atoms with Crippen LogP contribution in [0.15, 0.2) is 4.52 Å². The Balaban J connectivity index is 1.48. The first-order valence-electron chi connectivity index (χ1n) is 8.49. The summed E-state index contributed by atoms with van der Waals surface area (Å²) in [6.45, 7) is 3.96. The van der Waals surface area contributed by atoms with Crippen molar-refractivity contribution >= 4 is 11.8 Å². The number of carbonyl (C=O) groups excluding carboxylic acids is 2. The summed E-state index contributed by atoms with van der Waals surface area (Å²) in [6, 6.07) is 0. The number of aromatic nitrogens is 2. The van der Waals surface area contributed by atoms with Gasteiger partial charge < -0.3 is 19.1 Å². The van der Waals surface area contributed by atoms with E-state index in [1.54, 1.807) is 18.9 Å². The van der Waals surface area contributed by atoms with Crippen molar-refractivity contribution in [3.63, 3.8) is 0 Å². The standard InChI is InChI=1S/C16H24N4O4/c1-11-17-14(18-24-11)10-19(2)15(21)12-5-7-20(8-6-12)16(22)13-4-3-9-23-13/h12-13H,3-10H2,1-2H3/t13-/m0/s1. The molecule has 24 heavy (non-hydrogen) atoms. The van der Waals surface area contributed by atoms with Crippen LogP contribution in [0.4, 0.5) is 0 Å². The number of rotatable bonds is 4. The minimum Gasteiger partial charge on any atom is -0.368 e. The van der Waals surface area contributed by atoms with Crippen LogP contribution in [0.25, 0.3) is 0 Å². The maximum atomic E-state index is 12.6. The molecule has 132 valence electrons. The van der Waals surface area contributed by atoms with Gasteiger partial charge in [-0.1, -0.05) is 5.16 Å². The van der Waals surface area contributed by atoms with Crippen LogP contribution in [0.3, 0.4) is 0 Å². The summed E-state index contributed by atoms with van der Waals surface area (Å²) in [7, 11) is 1.75. The van der Waals surface area contributed by atoms with Crippen molar-refractivity contribution in [1.82, 2.24) is 19.9 Å². The molecule has 2 aliphatic rings. The molecule has 2 aliphatic heterocycles. The van der Waals surface area contributed by atoms with E-state index < -0.39 is 0 Å². The normalized spacial score (nSPS) is 21.9. The highest BCUT2D eigenvalue weighted by molar-refractivity contribution is 5.82. The molecule has 3 rings (SSSR count). The van der Waals surface area contributed by atoms with Gasteiger partial charge >= 0.3 is 0 Å². The molecule has 2 amide bonds. The fourth-order valence-corrected chi connectivity index (χ4v) is 3.33. The summed E-state index contributed by atoms with van der Waals surface area (Å²) in [5.41, 5.74) is 0. The van der Waals surface area contributed by atoms with Crippen molar-refractivity contribution in [2.75, 3.05) is 26.7 Å². The number of ether oxygens (including phenoxy) is 1. The average molecular weight is 336 g/mol. The van der Waals surface area contributed by atoms with Gasteiger partial charge in [-0.2, -0.15) is 4.98 Å². The van der Waals surface area contributed by atoms with Gasteiger partial charge in [0, 0.05) is 39.6 Å². The molecule has 8 nitrogen and oxygen atoms in total. The lowest BCUT2D eigenvalue weighted by molar-refractivity contribution is -0.145. The summed E-state index contributed by atoms with van der Waals surface area (Å²) in [5, 5.41) is 3.82. The van der Waals surface area contributed by atoms with Gasteiger partial charge in [-0.05, 0) is 25.7 Å². The van der Waals surface area contributed by atoms with E-state index in [9.17, 15) is 9.59 Å². The Morgan fingerprint density at radius 1 is 1.29 bits per heavy atom. The van der Waals surface area contributed by atoms with Crippen molar-refractivity contribution in [3.8, 4) is 0 Å². The summed E-state index contributed by atoms with van der Waals surface area (Å²) in [5.74, 6) is 1.09. The van der Waals surface area contributed by atoms with E-state index in [4.69, 9.17) is 9.26 Å². The first-order valence-corrected chi connectivity index (χ1v) is 8.49. The Morgan fingerprint density at radius 3 is 2.62 bits per heavy atom. The molecule has 2 fully saturated rings. The van der Waals surface area contributed by atoms with Crippen LogP contribution >= 0.6 is 0 Å². The molecule has 0 aromatic carbocycles. The Labute approximate surface area is 141 Å². The van der Waals surface area contributed by atoms with Gasteiger partial charge in [0.05, 0.1) is 6.54 Å². The first kappa shape index (κ1) is 16.9. The van der Waals surface area contributed by atoms with E-state index >= 15 is 0 Å². The van der Waals surface area contributed by atoms with Crippen LogP contribution in [0, 0.1) is 12.8 Å². The monoisotopic (exact) mass is 336 g/mol. The zero-order valence-electron chi connectivity index (χ0n) is 14.2. The fraction of sp³-hybridized carbons (Fsp3) is 0.750. The second-order valence-corrected chi connectivity index (χ2v) is 6.53. The van der Waals surface area contributed by atoms with Crippen molar-refractivity contribution in [3.05, 3.63) is 11.7 Å². The van der Waals surface area contributed by atoms with Crippen LogP contribution in [0.2, 0.25) is 0 Å². The van der Waals surface area contributed by atoms with E-state index in [0.717, 1.165) is 12.8 Å². The highest BCUT2D eigenvalue weighted by atomic mass is 16.5. The minimum atomic E-state index is -0.276. The highest BCUT2D eigenvalue weighted by Crippen LogP contribution is 2.23. The lowest BCUT2D eigenvalue weighted by Crippen LogP contribution is -2.46. The lowest BCUT2D eigenvalue weighted by Gasteiger charge is -2.34. The van der Waals surface area contributed by atoms with Crippen LogP contribution < -0.4 is 0 Å². The summed E-state index contributed by atoms with van der Waals surface area (Å²) >= 11 is 0. The molecule has 0 saturated carbocycles. The Bertz CT molecular complexity index is 589. The molecule has 0 bridgehead atoms. The molecule has 0 N–H and O–H groups in total. The largest absolute Gasteiger partial charge is 0.368 e. The number of aryl methyl sites for hydroxylation is 1. The van der Waals surface area contributed by atoms with Crippen LogP contribution in [-0.4, -0.2) is 64.6 Å². The first-order chi connectivity index (χ1) is 11.5. The number of hydrogen-bond donors (Lipinski definition) is 0. The second-order valence-electron chi connectivity index (χ2n) is 6.53. The third-order valence-corrected chi connectivity index (χ3v) is 4.69. The highest BCUT2D eigenvalue weighted by Gasteiger charge is 2.33. The molecule has 0 radical (unpaired) electrons. The summed E-state index contributed by atoms with van der Waals surface area (Å²) in [6.07, 6.45) is 2.86. The predicted molar refractivity (Wildman–Crippen MR) is 83.8 cm³/mol. The van der Waals surface area contributed by atoms with E-state index in [2.05, 4.69) is 10.1 Å². The Morgan fingerprint density at radius 2 is 2.04 bits per heavy atom. The number of carbonyl (C=O) groups is 2. The van der Waals surface area contributed by atoms with Crippen LogP contribution in [0.1, 0.15) is 37.4 Å². The zero-order chi connectivity index (χ0) is 17.1. The Kier molecular flexibility index (Phi) is 5.13. The van der Waals surface area contributed by atoms with Gasteiger partial charge in [-0.15, -0.1) is 0 Å². The van der Waals surface area contributed by atoms with Crippen molar-refractivity contribution in [2.24, 2.45) is 5.92 Å². The SMILES string of the molecule is Cc1nc(CN(C)C(=O)C2CCN(C(=O)[C@@H]3CCCO3)CC2)no1. The van der Waals surface area contributed by atoms with Gasteiger partial charge in [0.15, 0.2) is 5.82 Å². The molecule has 2 saturated heterocycles. The quantitative estimate of drug-likeness (QED) is 0.806. The minimum absolute atomic E-state index is 0.0588. The van der Waals surface area contributed by atoms with Gasteiger partial charge in [0.2, 0.25) is 11.8 Å². The van der Waals surface area contributed by atoms with E-state index in [-0.39, 0.29) is 23.8 Å². The third kappa shape index (κ3) is 3.75. The molecular formula is C16H24N4O4. The smallest absolute Gasteiger partial charge is 0.251 e.